The minimum atomic E-state index is -0.306. The lowest BCUT2D eigenvalue weighted by Gasteiger charge is -2.38. The monoisotopic (exact) mass is 534 g/mol. The van der Waals surface area contributed by atoms with Crippen molar-refractivity contribution < 1.29 is 14.2 Å². The predicted molar refractivity (Wildman–Crippen MR) is 142 cm³/mol. The largest absolute Gasteiger partial charge is 0.494 e. The molecule has 3 aromatic carbocycles. The van der Waals surface area contributed by atoms with Crippen molar-refractivity contribution >= 4 is 21.6 Å². The molecule has 2 aliphatic rings. The predicted octanol–water partition coefficient (Wildman–Crippen LogP) is 7.66. The third-order valence-corrected chi connectivity index (χ3v) is 6.74. The van der Waals surface area contributed by atoms with E-state index in [-0.39, 0.29) is 18.4 Å². The molecule has 2 atom stereocenters. The van der Waals surface area contributed by atoms with Crippen molar-refractivity contribution in [3.05, 3.63) is 87.9 Å². The van der Waals surface area contributed by atoms with Gasteiger partial charge < -0.3 is 14.2 Å². The van der Waals surface area contributed by atoms with Crippen molar-refractivity contribution in [3.63, 3.8) is 0 Å². The number of hydrogen-bond donors (Lipinski definition) is 0. The first-order valence-electron chi connectivity index (χ1n) is 12.3. The summed E-state index contributed by atoms with van der Waals surface area (Å²) in [6.07, 6.45) is 2.83. The van der Waals surface area contributed by atoms with E-state index >= 15 is 0 Å². The summed E-state index contributed by atoms with van der Waals surface area (Å²) in [6, 6.07) is 22.7. The molecule has 2 heterocycles. The number of benzene rings is 3. The Balaban J connectivity index is 1.44. The normalized spacial score (nSPS) is 18.5. The molecule has 0 spiro atoms. The second kappa shape index (κ2) is 10.3. The summed E-state index contributed by atoms with van der Waals surface area (Å²) in [5.41, 5.74) is 4.35. The fraction of sp³-hybridized carbons (Fsp3) is 0.345. The van der Waals surface area contributed by atoms with Crippen molar-refractivity contribution in [1.82, 2.24) is 5.01 Å². The lowest BCUT2D eigenvalue weighted by Crippen LogP contribution is -2.33. The number of hydrazone groups is 1. The molecule has 6 heteroatoms. The van der Waals surface area contributed by atoms with Crippen LogP contribution in [0.1, 0.15) is 69.0 Å². The lowest BCUT2D eigenvalue weighted by molar-refractivity contribution is -0.0191. The summed E-state index contributed by atoms with van der Waals surface area (Å²) in [5.74, 6) is 2.66. The number of nitrogens with zero attached hydrogens (tertiary/aromatic N) is 2. The van der Waals surface area contributed by atoms with Crippen molar-refractivity contribution in [2.24, 2.45) is 5.10 Å². The van der Waals surface area contributed by atoms with Gasteiger partial charge in [0.2, 0.25) is 6.23 Å². The van der Waals surface area contributed by atoms with Gasteiger partial charge in [-0.3, -0.25) is 0 Å². The average Bonchev–Trinajstić information content (AvgIpc) is 3.30. The van der Waals surface area contributed by atoms with E-state index in [4.69, 9.17) is 19.3 Å². The molecule has 0 amide bonds. The van der Waals surface area contributed by atoms with Gasteiger partial charge in [0.1, 0.15) is 17.2 Å². The van der Waals surface area contributed by atoms with Crippen LogP contribution in [0.25, 0.3) is 0 Å². The van der Waals surface area contributed by atoms with Gasteiger partial charge in [-0.25, -0.2) is 5.01 Å². The molecule has 2 aliphatic heterocycles. The van der Waals surface area contributed by atoms with Gasteiger partial charge in [-0.2, -0.15) is 5.10 Å². The Hall–Kier alpha value is -2.99. The van der Waals surface area contributed by atoms with Gasteiger partial charge in [-0.05, 0) is 92.6 Å². The van der Waals surface area contributed by atoms with Gasteiger partial charge in [0.15, 0.2) is 0 Å². The average molecular weight is 535 g/mol. The van der Waals surface area contributed by atoms with Crippen LogP contribution >= 0.6 is 15.9 Å². The highest BCUT2D eigenvalue weighted by molar-refractivity contribution is 9.10. The van der Waals surface area contributed by atoms with Gasteiger partial charge >= 0.3 is 0 Å². The first-order valence-corrected chi connectivity index (χ1v) is 13.1. The molecule has 0 radical (unpaired) electrons. The molecule has 0 fully saturated rings. The smallest absolute Gasteiger partial charge is 0.213 e. The van der Waals surface area contributed by atoms with Crippen LogP contribution in [0.2, 0.25) is 0 Å². The van der Waals surface area contributed by atoms with E-state index in [0.717, 1.165) is 70.0 Å². The van der Waals surface area contributed by atoms with E-state index in [1.165, 1.54) is 0 Å². The minimum Gasteiger partial charge on any atom is -0.494 e. The number of halogens is 1. The van der Waals surface area contributed by atoms with Crippen molar-refractivity contribution in [2.45, 2.75) is 58.4 Å². The molecule has 3 aromatic rings. The van der Waals surface area contributed by atoms with E-state index in [2.05, 4.69) is 58.2 Å². The molecule has 0 aliphatic carbocycles. The first kappa shape index (κ1) is 23.7. The number of hydrogen-bond acceptors (Lipinski definition) is 5. The zero-order valence-electron chi connectivity index (χ0n) is 20.4. The van der Waals surface area contributed by atoms with E-state index in [9.17, 15) is 0 Å². The molecule has 0 aromatic heterocycles. The summed E-state index contributed by atoms with van der Waals surface area (Å²) in [4.78, 5) is 0. The SMILES string of the molecule is CCCCOc1ccc([C@H]2Oc3ccc(Br)cc3[C@@H]3CC(c4ccc(OC(C)C)cc4)=NN23)cc1. The maximum absolute atomic E-state index is 6.51. The maximum atomic E-state index is 6.51. The van der Waals surface area contributed by atoms with Gasteiger partial charge in [-0.1, -0.05) is 29.3 Å². The minimum absolute atomic E-state index is 0.100. The Morgan fingerprint density at radius 2 is 1.77 bits per heavy atom. The van der Waals surface area contributed by atoms with Crippen LogP contribution in [0.15, 0.2) is 76.3 Å². The molecule has 5 nitrogen and oxygen atoms in total. The van der Waals surface area contributed by atoms with Crippen LogP contribution in [0.4, 0.5) is 0 Å². The molecule has 0 N–H and O–H groups in total. The molecule has 5 rings (SSSR count). The second-order valence-corrected chi connectivity index (χ2v) is 10.2. The standard InChI is InChI=1S/C29H31BrN2O3/c1-4-5-16-33-23-11-8-21(9-12-23)29-32-27(25-17-22(30)10-15-28(25)35-29)18-26(31-32)20-6-13-24(14-7-20)34-19(2)3/h6-15,17,19,27,29H,4-5,16,18H2,1-3H3/t27-,29+/m0/s1. The molecule has 0 bridgehead atoms. The van der Waals surface area contributed by atoms with E-state index in [1.54, 1.807) is 0 Å². The van der Waals surface area contributed by atoms with Crippen LogP contribution in [0.3, 0.4) is 0 Å². The van der Waals surface area contributed by atoms with Crippen LogP contribution in [0.5, 0.6) is 17.2 Å². The number of unbranched alkanes of at least 4 members (excludes halogenated alkanes) is 1. The Morgan fingerprint density at radius 1 is 1.03 bits per heavy atom. The number of ether oxygens (including phenoxy) is 3. The molecule has 182 valence electrons. The van der Waals surface area contributed by atoms with Crippen LogP contribution in [-0.4, -0.2) is 23.4 Å². The fourth-order valence-electron chi connectivity index (χ4n) is 4.51. The van der Waals surface area contributed by atoms with Crippen molar-refractivity contribution in [2.75, 3.05) is 6.61 Å². The van der Waals surface area contributed by atoms with Crippen molar-refractivity contribution in [3.8, 4) is 17.2 Å². The van der Waals surface area contributed by atoms with Crippen molar-refractivity contribution in [1.29, 1.82) is 0 Å². The Morgan fingerprint density at radius 3 is 2.49 bits per heavy atom. The number of fused-ring (bicyclic) bond motifs is 3. The summed E-state index contributed by atoms with van der Waals surface area (Å²) in [5, 5.41) is 7.18. The summed E-state index contributed by atoms with van der Waals surface area (Å²) < 4.78 is 19.2. The number of rotatable bonds is 8. The molecule has 35 heavy (non-hydrogen) atoms. The maximum Gasteiger partial charge on any atom is 0.213 e. The van der Waals surface area contributed by atoms with E-state index < -0.39 is 0 Å². The third-order valence-electron chi connectivity index (χ3n) is 6.24. The van der Waals surface area contributed by atoms with E-state index in [0.29, 0.717) is 0 Å². The van der Waals surface area contributed by atoms with Crippen LogP contribution in [-0.2, 0) is 0 Å². The second-order valence-electron chi connectivity index (χ2n) is 9.26. The summed E-state index contributed by atoms with van der Waals surface area (Å²) in [7, 11) is 0. The first-order chi connectivity index (χ1) is 17.0. The third kappa shape index (κ3) is 5.18. The van der Waals surface area contributed by atoms with Gasteiger partial charge in [0, 0.05) is 22.0 Å². The summed E-state index contributed by atoms with van der Waals surface area (Å²) in [6.45, 7) is 6.97. The zero-order chi connectivity index (χ0) is 24.4. The van der Waals surface area contributed by atoms with Gasteiger partial charge in [-0.15, -0.1) is 0 Å². The Kier molecular flexibility index (Phi) is 7.00. The van der Waals surface area contributed by atoms with Gasteiger partial charge in [0.05, 0.1) is 24.5 Å². The molecule has 0 saturated heterocycles. The van der Waals surface area contributed by atoms with Crippen LogP contribution in [0, 0.1) is 0 Å². The highest BCUT2D eigenvalue weighted by atomic mass is 79.9. The Bertz CT molecular complexity index is 1190. The Labute approximate surface area is 215 Å². The molecular weight excluding hydrogens is 504 g/mol. The zero-order valence-corrected chi connectivity index (χ0v) is 22.0. The topological polar surface area (TPSA) is 43.3 Å². The highest BCUT2D eigenvalue weighted by Crippen LogP contribution is 2.48. The van der Waals surface area contributed by atoms with Gasteiger partial charge in [0.25, 0.3) is 0 Å². The molecule has 0 saturated carbocycles. The fourth-order valence-corrected chi connectivity index (χ4v) is 4.89. The highest BCUT2D eigenvalue weighted by Gasteiger charge is 2.41. The molecular formula is C29H31BrN2O3. The van der Waals surface area contributed by atoms with E-state index in [1.807, 2.05) is 50.2 Å². The quantitative estimate of drug-likeness (QED) is 0.278. The summed E-state index contributed by atoms with van der Waals surface area (Å²) >= 11 is 3.63. The molecule has 0 unspecified atom stereocenters. The van der Waals surface area contributed by atoms with Crippen LogP contribution < -0.4 is 14.2 Å². The lowest BCUT2D eigenvalue weighted by atomic mass is 9.96.